The predicted octanol–water partition coefficient (Wildman–Crippen LogP) is 5.12. The van der Waals surface area contributed by atoms with Crippen LogP contribution in [-0.4, -0.2) is 39.8 Å². The van der Waals surface area contributed by atoms with Crippen molar-refractivity contribution in [3.05, 3.63) is 76.2 Å². The van der Waals surface area contributed by atoms with E-state index in [9.17, 15) is 9.59 Å². The van der Waals surface area contributed by atoms with Crippen molar-refractivity contribution in [3.8, 4) is 5.75 Å². The minimum absolute atomic E-state index is 0.0954. The van der Waals surface area contributed by atoms with Crippen molar-refractivity contribution in [3.63, 3.8) is 0 Å². The van der Waals surface area contributed by atoms with Crippen molar-refractivity contribution in [1.29, 1.82) is 0 Å². The van der Waals surface area contributed by atoms with Gasteiger partial charge >= 0.3 is 5.97 Å². The number of methoxy groups -OCH3 is 1. The molecule has 0 bridgehead atoms. The lowest BCUT2D eigenvalue weighted by atomic mass is 10.1. The number of pyridine rings is 1. The number of esters is 1. The molecule has 178 valence electrons. The fourth-order valence-corrected chi connectivity index (χ4v) is 6.05. The van der Waals surface area contributed by atoms with Crippen LogP contribution < -0.4 is 10.2 Å². The van der Waals surface area contributed by atoms with Gasteiger partial charge in [0.05, 0.1) is 40.5 Å². The second-order valence-corrected chi connectivity index (χ2v) is 9.76. The molecule has 5 aromatic rings. The summed E-state index contributed by atoms with van der Waals surface area (Å²) < 4.78 is 28.3. The van der Waals surface area contributed by atoms with E-state index in [1.54, 1.807) is 38.7 Å². The molecular weight excluding hydrogens is 489 g/mol. The van der Waals surface area contributed by atoms with Gasteiger partial charge in [-0.25, -0.2) is 9.18 Å². The maximum Gasteiger partial charge on any atom is 0.345 e. The lowest BCUT2D eigenvalue weighted by Crippen LogP contribution is -2.20. The molecule has 0 aliphatic carbocycles. The van der Waals surface area contributed by atoms with E-state index in [0.717, 1.165) is 15.9 Å². The fraction of sp³-hybridized carbons (Fsp3) is 0.200. The number of aromatic nitrogens is 3. The SMILES string of the molecule is CCOC(=O)c1c(=O)c2cc(F)c(SCCc3cnccn3)cc2n2c1sc1cc(OC)ccc12. The van der Waals surface area contributed by atoms with Gasteiger partial charge in [-0.2, -0.15) is 0 Å². The zero-order valence-electron chi connectivity index (χ0n) is 18.9. The van der Waals surface area contributed by atoms with Crippen LogP contribution in [0.4, 0.5) is 4.39 Å². The van der Waals surface area contributed by atoms with Gasteiger partial charge in [0, 0.05) is 35.7 Å². The summed E-state index contributed by atoms with van der Waals surface area (Å²) in [6.45, 7) is 1.80. The molecule has 3 heterocycles. The highest BCUT2D eigenvalue weighted by Gasteiger charge is 2.24. The Labute approximate surface area is 207 Å². The molecule has 0 fully saturated rings. The summed E-state index contributed by atoms with van der Waals surface area (Å²) in [4.78, 5) is 35.4. The third-order valence-corrected chi connectivity index (χ3v) is 7.67. The molecular formula is C25H20FN3O4S2. The highest BCUT2D eigenvalue weighted by atomic mass is 32.2. The summed E-state index contributed by atoms with van der Waals surface area (Å²) in [5.41, 5.74) is 1.48. The average Bonchev–Trinajstić information content (AvgIpc) is 3.23. The van der Waals surface area contributed by atoms with E-state index in [0.29, 0.717) is 33.2 Å². The minimum Gasteiger partial charge on any atom is -0.497 e. The number of benzene rings is 2. The molecule has 0 saturated heterocycles. The third-order valence-electron chi connectivity index (χ3n) is 5.51. The highest BCUT2D eigenvalue weighted by Crippen LogP contribution is 2.35. The van der Waals surface area contributed by atoms with Crippen molar-refractivity contribution in [2.24, 2.45) is 0 Å². The van der Waals surface area contributed by atoms with Crippen molar-refractivity contribution in [1.82, 2.24) is 14.4 Å². The number of carbonyl (C=O) groups excluding carboxylic acids is 1. The average molecular weight is 510 g/mol. The highest BCUT2D eigenvalue weighted by molar-refractivity contribution is 7.99. The van der Waals surface area contributed by atoms with Crippen LogP contribution in [0.15, 0.2) is 58.6 Å². The number of nitrogens with zero attached hydrogens (tertiary/aromatic N) is 3. The second-order valence-electron chi connectivity index (χ2n) is 7.60. The lowest BCUT2D eigenvalue weighted by Gasteiger charge is -2.11. The normalized spacial score (nSPS) is 11.4. The van der Waals surface area contributed by atoms with E-state index in [-0.39, 0.29) is 17.6 Å². The van der Waals surface area contributed by atoms with E-state index < -0.39 is 17.2 Å². The summed E-state index contributed by atoms with van der Waals surface area (Å²) >= 11 is 2.63. The third kappa shape index (κ3) is 4.23. The number of rotatable bonds is 7. The maximum absolute atomic E-state index is 15.1. The molecule has 0 saturated carbocycles. The van der Waals surface area contributed by atoms with Crippen molar-refractivity contribution < 1.29 is 18.7 Å². The van der Waals surface area contributed by atoms with Crippen LogP contribution in [0.5, 0.6) is 5.75 Å². The maximum atomic E-state index is 15.1. The summed E-state index contributed by atoms with van der Waals surface area (Å²) in [5.74, 6) is -0.00460. The molecule has 0 atom stereocenters. The quantitative estimate of drug-likeness (QED) is 0.223. The number of thioether (sulfide) groups is 1. The first kappa shape index (κ1) is 23.3. The zero-order valence-corrected chi connectivity index (χ0v) is 20.5. The van der Waals surface area contributed by atoms with Crippen LogP contribution in [0, 0.1) is 5.82 Å². The van der Waals surface area contributed by atoms with Crippen molar-refractivity contribution in [2.45, 2.75) is 18.2 Å². The summed E-state index contributed by atoms with van der Waals surface area (Å²) in [5, 5.41) is 0.122. The van der Waals surface area contributed by atoms with Gasteiger partial charge in [0.2, 0.25) is 5.43 Å². The molecule has 2 aromatic carbocycles. The Balaban J connectivity index is 1.71. The number of carbonyl (C=O) groups is 1. The monoisotopic (exact) mass is 509 g/mol. The molecule has 0 N–H and O–H groups in total. The predicted molar refractivity (Wildman–Crippen MR) is 135 cm³/mol. The summed E-state index contributed by atoms with van der Waals surface area (Å²) in [6, 6.07) is 8.40. The Hall–Kier alpha value is -3.50. The molecule has 5 rings (SSSR count). The number of hydrogen-bond donors (Lipinski definition) is 0. The van der Waals surface area contributed by atoms with Gasteiger partial charge in [0.25, 0.3) is 0 Å². The van der Waals surface area contributed by atoms with Crippen LogP contribution in [0.25, 0.3) is 25.9 Å². The van der Waals surface area contributed by atoms with E-state index in [1.807, 2.05) is 22.6 Å². The Bertz CT molecular complexity index is 1630. The topological polar surface area (TPSA) is 82.8 Å². The number of hydrogen-bond acceptors (Lipinski definition) is 8. The van der Waals surface area contributed by atoms with E-state index >= 15 is 4.39 Å². The van der Waals surface area contributed by atoms with Gasteiger partial charge in [0.1, 0.15) is 22.0 Å². The molecule has 7 nitrogen and oxygen atoms in total. The molecule has 0 aliphatic heterocycles. The summed E-state index contributed by atoms with van der Waals surface area (Å²) in [7, 11) is 1.57. The fourth-order valence-electron chi connectivity index (χ4n) is 3.91. The van der Waals surface area contributed by atoms with Gasteiger partial charge in [-0.15, -0.1) is 23.1 Å². The number of ether oxygens (including phenoxy) is 2. The van der Waals surface area contributed by atoms with Crippen LogP contribution in [0.3, 0.4) is 0 Å². The molecule has 0 radical (unpaired) electrons. The van der Waals surface area contributed by atoms with E-state index in [2.05, 4.69) is 9.97 Å². The second kappa shape index (κ2) is 9.63. The molecule has 0 amide bonds. The Kier molecular flexibility index (Phi) is 6.40. The smallest absolute Gasteiger partial charge is 0.345 e. The van der Waals surface area contributed by atoms with E-state index in [4.69, 9.17) is 9.47 Å². The molecule has 0 spiro atoms. The van der Waals surface area contributed by atoms with Crippen molar-refractivity contribution >= 4 is 55.0 Å². The number of halogens is 1. The summed E-state index contributed by atoms with van der Waals surface area (Å²) in [6.07, 6.45) is 5.53. The number of fused-ring (bicyclic) bond motifs is 5. The van der Waals surface area contributed by atoms with Crippen LogP contribution in [0.1, 0.15) is 23.0 Å². The van der Waals surface area contributed by atoms with Gasteiger partial charge in [-0.1, -0.05) is 0 Å². The Morgan fingerprint density at radius 2 is 2.06 bits per heavy atom. The van der Waals surface area contributed by atoms with Crippen LogP contribution in [-0.2, 0) is 11.2 Å². The lowest BCUT2D eigenvalue weighted by molar-refractivity contribution is 0.0527. The van der Waals surface area contributed by atoms with Gasteiger partial charge in [-0.05, 0) is 37.3 Å². The molecule has 35 heavy (non-hydrogen) atoms. The molecule has 0 unspecified atom stereocenters. The van der Waals surface area contributed by atoms with Gasteiger partial charge in [-0.3, -0.25) is 19.2 Å². The standard InChI is InChI=1S/C25H20FN3O4S2/c1-3-33-25(31)22-23(30)16-11-17(26)20(34-9-6-14-13-27-7-8-28-14)12-19(16)29-18-5-4-15(32-2)10-21(18)35-24(22)29/h4-5,7-8,10-13H,3,6,9H2,1-2H3. The first-order chi connectivity index (χ1) is 17.0. The zero-order chi connectivity index (χ0) is 24.5. The molecule has 3 aromatic heterocycles. The Morgan fingerprint density at radius 1 is 1.20 bits per heavy atom. The van der Waals surface area contributed by atoms with Gasteiger partial charge in [0.15, 0.2) is 0 Å². The number of thiazole rings is 1. The first-order valence-corrected chi connectivity index (χ1v) is 12.6. The van der Waals surface area contributed by atoms with Crippen molar-refractivity contribution in [2.75, 3.05) is 19.5 Å². The number of aryl methyl sites for hydroxylation is 1. The molecule has 0 aliphatic rings. The van der Waals surface area contributed by atoms with Crippen LogP contribution >= 0.6 is 23.1 Å². The van der Waals surface area contributed by atoms with E-state index in [1.165, 1.54) is 29.2 Å². The Morgan fingerprint density at radius 3 is 2.80 bits per heavy atom. The largest absolute Gasteiger partial charge is 0.497 e. The first-order valence-electron chi connectivity index (χ1n) is 10.8. The van der Waals surface area contributed by atoms with Crippen LogP contribution in [0.2, 0.25) is 0 Å². The molecule has 10 heteroatoms. The minimum atomic E-state index is -0.724. The van der Waals surface area contributed by atoms with Gasteiger partial charge < -0.3 is 9.47 Å².